The van der Waals surface area contributed by atoms with Crippen LogP contribution in [0.25, 0.3) is 0 Å². The fourth-order valence-corrected chi connectivity index (χ4v) is 3.03. The van der Waals surface area contributed by atoms with E-state index in [2.05, 4.69) is 18.7 Å². The Morgan fingerprint density at radius 2 is 1.95 bits per heavy atom. The molecule has 0 spiro atoms. The average molecular weight is 263 g/mol. The molecule has 1 aliphatic heterocycles. The van der Waals surface area contributed by atoms with Gasteiger partial charge in [0.05, 0.1) is 6.54 Å². The minimum absolute atomic E-state index is 0.0874. The minimum Gasteiger partial charge on any atom is -0.295 e. The highest BCUT2D eigenvalue weighted by atomic mass is 19.1. The average Bonchev–Trinajstić information content (AvgIpc) is 2.31. The lowest BCUT2D eigenvalue weighted by Gasteiger charge is -2.34. The number of halogens is 1. The standard InChI is InChI=1S/C16H22FNO/c1-11-6-12(2)9-18(8-11)10-16(19)14-4-5-15(17)13(3)7-14/h4-5,7,11-12H,6,8-10H2,1-3H3. The van der Waals surface area contributed by atoms with E-state index in [9.17, 15) is 9.18 Å². The number of hydrogen-bond acceptors (Lipinski definition) is 2. The number of rotatable bonds is 3. The second-order valence-corrected chi connectivity index (χ2v) is 6.03. The van der Waals surface area contributed by atoms with E-state index in [0.29, 0.717) is 29.5 Å². The van der Waals surface area contributed by atoms with E-state index in [-0.39, 0.29) is 11.6 Å². The van der Waals surface area contributed by atoms with E-state index in [0.717, 1.165) is 13.1 Å². The lowest BCUT2D eigenvalue weighted by atomic mass is 9.91. The van der Waals surface area contributed by atoms with Crippen LogP contribution in [0.3, 0.4) is 0 Å². The topological polar surface area (TPSA) is 20.3 Å². The molecule has 2 atom stereocenters. The van der Waals surface area contributed by atoms with Crippen molar-refractivity contribution in [3.8, 4) is 0 Å². The van der Waals surface area contributed by atoms with Crippen LogP contribution in [0.5, 0.6) is 0 Å². The van der Waals surface area contributed by atoms with Gasteiger partial charge in [-0.2, -0.15) is 0 Å². The van der Waals surface area contributed by atoms with Crippen LogP contribution in [-0.4, -0.2) is 30.3 Å². The van der Waals surface area contributed by atoms with Gasteiger partial charge in [-0.05, 0) is 48.9 Å². The minimum atomic E-state index is -0.253. The van der Waals surface area contributed by atoms with Crippen LogP contribution >= 0.6 is 0 Å². The summed E-state index contributed by atoms with van der Waals surface area (Å²) in [6.07, 6.45) is 1.24. The zero-order chi connectivity index (χ0) is 14.0. The number of ketones is 1. The number of aryl methyl sites for hydroxylation is 1. The van der Waals surface area contributed by atoms with Crippen molar-refractivity contribution in [2.24, 2.45) is 11.8 Å². The zero-order valence-corrected chi connectivity index (χ0v) is 11.9. The molecule has 1 aromatic rings. The largest absolute Gasteiger partial charge is 0.295 e. The second kappa shape index (κ2) is 5.83. The third kappa shape index (κ3) is 3.63. The Bertz CT molecular complexity index is 462. The summed E-state index contributed by atoms with van der Waals surface area (Å²) < 4.78 is 13.2. The summed E-state index contributed by atoms with van der Waals surface area (Å²) in [4.78, 5) is 14.4. The van der Waals surface area contributed by atoms with Gasteiger partial charge in [-0.3, -0.25) is 9.69 Å². The smallest absolute Gasteiger partial charge is 0.176 e. The molecule has 1 fully saturated rings. The maximum atomic E-state index is 13.2. The van der Waals surface area contributed by atoms with Crippen LogP contribution in [0.4, 0.5) is 4.39 Å². The number of carbonyl (C=O) groups excluding carboxylic acids is 1. The van der Waals surface area contributed by atoms with Gasteiger partial charge < -0.3 is 0 Å². The number of piperidine rings is 1. The maximum absolute atomic E-state index is 13.2. The van der Waals surface area contributed by atoms with Crippen molar-refractivity contribution in [2.75, 3.05) is 19.6 Å². The third-order valence-corrected chi connectivity index (χ3v) is 3.79. The van der Waals surface area contributed by atoms with E-state index in [4.69, 9.17) is 0 Å². The van der Waals surface area contributed by atoms with Crippen molar-refractivity contribution in [3.05, 3.63) is 35.1 Å². The summed E-state index contributed by atoms with van der Waals surface area (Å²) in [5.74, 6) is 1.12. The number of Topliss-reactive ketones (excluding diaryl/α,β-unsaturated/α-hetero) is 1. The highest BCUT2D eigenvalue weighted by Gasteiger charge is 2.23. The number of hydrogen-bond donors (Lipinski definition) is 0. The molecule has 0 aromatic heterocycles. The first-order valence-corrected chi connectivity index (χ1v) is 6.97. The van der Waals surface area contributed by atoms with Gasteiger partial charge in [-0.1, -0.05) is 13.8 Å². The quantitative estimate of drug-likeness (QED) is 0.780. The Hall–Kier alpha value is -1.22. The van der Waals surface area contributed by atoms with Crippen LogP contribution in [0, 0.1) is 24.6 Å². The molecule has 0 N–H and O–H groups in total. The van der Waals surface area contributed by atoms with Gasteiger partial charge in [0, 0.05) is 18.7 Å². The van der Waals surface area contributed by atoms with Gasteiger partial charge in [0.15, 0.2) is 5.78 Å². The molecular weight excluding hydrogens is 241 g/mol. The molecule has 0 aliphatic carbocycles. The Morgan fingerprint density at radius 3 is 2.53 bits per heavy atom. The molecule has 3 heteroatoms. The van der Waals surface area contributed by atoms with E-state index in [1.807, 2.05) is 0 Å². The molecule has 0 amide bonds. The Kier molecular flexibility index (Phi) is 4.35. The SMILES string of the molecule is Cc1cc(C(=O)CN2CC(C)CC(C)C2)ccc1F. The van der Waals surface area contributed by atoms with Gasteiger partial charge in [-0.25, -0.2) is 4.39 Å². The Morgan fingerprint density at radius 1 is 1.32 bits per heavy atom. The first-order valence-electron chi connectivity index (χ1n) is 6.97. The highest BCUT2D eigenvalue weighted by Crippen LogP contribution is 2.21. The van der Waals surface area contributed by atoms with Crippen molar-refractivity contribution in [2.45, 2.75) is 27.2 Å². The first-order chi connectivity index (χ1) is 8.95. The normalized spacial score (nSPS) is 24.4. The first kappa shape index (κ1) is 14.2. The maximum Gasteiger partial charge on any atom is 0.176 e. The predicted octanol–water partition coefficient (Wildman–Crippen LogP) is 3.29. The molecule has 1 aliphatic rings. The summed E-state index contributed by atoms with van der Waals surface area (Å²) in [6.45, 7) is 8.56. The summed E-state index contributed by atoms with van der Waals surface area (Å²) in [7, 11) is 0. The fraction of sp³-hybridized carbons (Fsp3) is 0.562. The molecule has 1 aromatic carbocycles. The molecule has 2 unspecified atom stereocenters. The zero-order valence-electron chi connectivity index (χ0n) is 11.9. The molecular formula is C16H22FNO. The summed E-state index contributed by atoms with van der Waals surface area (Å²) >= 11 is 0. The summed E-state index contributed by atoms with van der Waals surface area (Å²) in [5.41, 5.74) is 1.15. The van der Waals surface area contributed by atoms with Gasteiger partial charge in [0.2, 0.25) is 0 Å². The third-order valence-electron chi connectivity index (χ3n) is 3.79. The molecule has 0 radical (unpaired) electrons. The molecule has 2 nitrogen and oxygen atoms in total. The molecule has 0 saturated carbocycles. The fourth-order valence-electron chi connectivity index (χ4n) is 3.03. The molecule has 2 rings (SSSR count). The van der Waals surface area contributed by atoms with Gasteiger partial charge in [-0.15, -0.1) is 0 Å². The van der Waals surface area contributed by atoms with E-state index < -0.39 is 0 Å². The van der Waals surface area contributed by atoms with Gasteiger partial charge in [0.25, 0.3) is 0 Å². The van der Waals surface area contributed by atoms with E-state index >= 15 is 0 Å². The molecule has 0 bridgehead atoms. The summed E-state index contributed by atoms with van der Waals surface area (Å²) in [5, 5.41) is 0. The number of benzene rings is 1. The van der Waals surface area contributed by atoms with Crippen molar-refractivity contribution < 1.29 is 9.18 Å². The van der Waals surface area contributed by atoms with Crippen LogP contribution in [-0.2, 0) is 0 Å². The lowest BCUT2D eigenvalue weighted by molar-refractivity contribution is 0.0849. The second-order valence-electron chi connectivity index (χ2n) is 6.03. The Balaban J connectivity index is 2.02. The van der Waals surface area contributed by atoms with E-state index in [1.165, 1.54) is 12.5 Å². The van der Waals surface area contributed by atoms with Crippen molar-refractivity contribution in [3.63, 3.8) is 0 Å². The number of nitrogens with zero attached hydrogens (tertiary/aromatic N) is 1. The van der Waals surface area contributed by atoms with E-state index in [1.54, 1.807) is 19.1 Å². The van der Waals surface area contributed by atoms with Crippen molar-refractivity contribution >= 4 is 5.78 Å². The van der Waals surface area contributed by atoms with Crippen molar-refractivity contribution in [1.82, 2.24) is 4.90 Å². The number of likely N-dealkylation sites (tertiary alicyclic amines) is 1. The highest BCUT2D eigenvalue weighted by molar-refractivity contribution is 5.97. The monoisotopic (exact) mass is 263 g/mol. The molecule has 1 saturated heterocycles. The number of carbonyl (C=O) groups is 1. The van der Waals surface area contributed by atoms with Crippen LogP contribution in [0.1, 0.15) is 36.2 Å². The molecule has 19 heavy (non-hydrogen) atoms. The predicted molar refractivity (Wildman–Crippen MR) is 74.9 cm³/mol. The lowest BCUT2D eigenvalue weighted by Crippen LogP contribution is -2.41. The van der Waals surface area contributed by atoms with Crippen LogP contribution in [0.2, 0.25) is 0 Å². The van der Waals surface area contributed by atoms with Crippen molar-refractivity contribution in [1.29, 1.82) is 0 Å². The summed E-state index contributed by atoms with van der Waals surface area (Å²) in [6, 6.07) is 4.61. The van der Waals surface area contributed by atoms with Gasteiger partial charge >= 0.3 is 0 Å². The van der Waals surface area contributed by atoms with Gasteiger partial charge in [0.1, 0.15) is 5.82 Å². The van der Waals surface area contributed by atoms with Crippen LogP contribution < -0.4 is 0 Å². The van der Waals surface area contributed by atoms with Crippen LogP contribution in [0.15, 0.2) is 18.2 Å². The molecule has 104 valence electrons. The molecule has 1 heterocycles. The Labute approximate surface area is 114 Å².